The minimum atomic E-state index is -0.348. The fourth-order valence-corrected chi connectivity index (χ4v) is 7.41. The Morgan fingerprint density at radius 2 is 1.31 bits per heavy atom. The van der Waals surface area contributed by atoms with Gasteiger partial charge in [0, 0.05) is 45.8 Å². The van der Waals surface area contributed by atoms with E-state index in [-0.39, 0.29) is 12.3 Å². The Hall–Kier alpha value is -6.11. The summed E-state index contributed by atoms with van der Waals surface area (Å²) < 4.78 is 12.5. The second-order valence-electron chi connectivity index (χ2n) is 12.3. The largest absolute Gasteiger partial charge is 0.459 e. The summed E-state index contributed by atoms with van der Waals surface area (Å²) in [7, 11) is 0. The first-order valence-corrected chi connectivity index (χ1v) is 16.3. The third-order valence-electron chi connectivity index (χ3n) is 9.57. The summed E-state index contributed by atoms with van der Waals surface area (Å²) in [6, 6.07) is 46.0. The number of rotatable bonds is 4. The van der Waals surface area contributed by atoms with E-state index in [0.717, 1.165) is 82.8 Å². The van der Waals surface area contributed by atoms with Crippen LogP contribution in [-0.2, 0) is 6.54 Å². The maximum atomic E-state index is 6.28. The van der Waals surface area contributed by atoms with Gasteiger partial charge in [-0.25, -0.2) is 0 Å². The zero-order valence-electron chi connectivity index (χ0n) is 25.9. The van der Waals surface area contributed by atoms with Gasteiger partial charge in [-0.05, 0) is 51.2 Å². The Morgan fingerprint density at radius 1 is 0.604 bits per heavy atom. The molecule has 0 saturated heterocycles. The van der Waals surface area contributed by atoms with Crippen molar-refractivity contribution in [2.45, 2.75) is 18.9 Å². The van der Waals surface area contributed by atoms with E-state index in [1.165, 1.54) is 0 Å². The van der Waals surface area contributed by atoms with Crippen LogP contribution in [0.3, 0.4) is 0 Å². The first-order chi connectivity index (χ1) is 23.8. The molecule has 6 nitrogen and oxygen atoms in total. The van der Waals surface area contributed by atoms with E-state index in [9.17, 15) is 0 Å². The number of furan rings is 2. The number of nitrogens with zero attached hydrogens (tertiary/aromatic N) is 2. The Bertz CT molecular complexity index is 2590. The lowest BCUT2D eigenvalue weighted by Gasteiger charge is -2.41. The quantitative estimate of drug-likeness (QED) is 0.205. The molecular weight excluding hydrogens is 592 g/mol. The molecule has 48 heavy (non-hydrogen) atoms. The lowest BCUT2D eigenvalue weighted by atomic mass is 9.88. The van der Waals surface area contributed by atoms with Gasteiger partial charge >= 0.3 is 0 Å². The van der Waals surface area contributed by atoms with Gasteiger partial charge in [0.1, 0.15) is 22.5 Å². The Kier molecular flexibility index (Phi) is 6.04. The highest BCUT2D eigenvalue weighted by Crippen LogP contribution is 2.42. The smallest absolute Gasteiger partial charge is 0.136 e. The van der Waals surface area contributed by atoms with Gasteiger partial charge in [-0.3, -0.25) is 0 Å². The van der Waals surface area contributed by atoms with Crippen LogP contribution < -0.4 is 10.6 Å². The highest BCUT2D eigenvalue weighted by atomic mass is 16.3. The van der Waals surface area contributed by atoms with Crippen LogP contribution in [0.25, 0.3) is 54.6 Å². The van der Waals surface area contributed by atoms with Crippen molar-refractivity contribution in [2.24, 2.45) is 4.99 Å². The van der Waals surface area contributed by atoms with Gasteiger partial charge in [-0.1, -0.05) is 121 Å². The van der Waals surface area contributed by atoms with Crippen LogP contribution >= 0.6 is 0 Å². The molecule has 10 rings (SSSR count). The second kappa shape index (κ2) is 10.7. The minimum absolute atomic E-state index is 0.291. The molecule has 2 unspecified atom stereocenters. The van der Waals surface area contributed by atoms with Crippen molar-refractivity contribution in [3.63, 3.8) is 0 Å². The maximum Gasteiger partial charge on any atom is 0.136 e. The number of benzene rings is 6. The molecule has 8 aromatic rings. The van der Waals surface area contributed by atoms with Crippen molar-refractivity contribution in [3.05, 3.63) is 179 Å². The molecule has 0 radical (unpaired) electrons. The summed E-state index contributed by atoms with van der Waals surface area (Å²) in [5.74, 6) is 1.66. The van der Waals surface area contributed by atoms with Gasteiger partial charge in [-0.15, -0.1) is 0 Å². The van der Waals surface area contributed by atoms with Crippen LogP contribution in [0.2, 0.25) is 0 Å². The van der Waals surface area contributed by atoms with Gasteiger partial charge in [0.2, 0.25) is 0 Å². The predicted octanol–water partition coefficient (Wildman–Crippen LogP) is 10.1. The molecule has 0 amide bonds. The first-order valence-electron chi connectivity index (χ1n) is 16.3. The summed E-state index contributed by atoms with van der Waals surface area (Å²) in [6.07, 6.45) is 1.49. The molecule has 0 aliphatic carbocycles. The Morgan fingerprint density at radius 3 is 2.17 bits per heavy atom. The molecule has 6 aromatic carbocycles. The third-order valence-corrected chi connectivity index (χ3v) is 9.57. The second-order valence-corrected chi connectivity index (χ2v) is 12.3. The molecule has 2 aromatic heterocycles. The number of hydrogen-bond donors (Lipinski definition) is 2. The van der Waals surface area contributed by atoms with Crippen LogP contribution in [0.15, 0.2) is 153 Å². The fourth-order valence-electron chi connectivity index (χ4n) is 7.41. The Balaban J connectivity index is 1.15. The van der Waals surface area contributed by atoms with Crippen molar-refractivity contribution in [2.75, 3.05) is 0 Å². The van der Waals surface area contributed by atoms with Crippen LogP contribution in [-0.4, -0.2) is 5.84 Å². The minimum Gasteiger partial charge on any atom is -0.459 e. The average molecular weight is 622 g/mol. The number of hydrogen-bond acceptors (Lipinski definition) is 5. The highest BCUT2D eigenvalue weighted by molar-refractivity contribution is 6.22. The molecule has 0 spiro atoms. The van der Waals surface area contributed by atoms with Crippen molar-refractivity contribution in [1.82, 2.24) is 10.6 Å². The van der Waals surface area contributed by atoms with Crippen molar-refractivity contribution in [1.29, 1.82) is 0 Å². The van der Waals surface area contributed by atoms with E-state index in [1.54, 1.807) is 0 Å². The van der Waals surface area contributed by atoms with Gasteiger partial charge in [0.05, 0.1) is 6.54 Å². The Labute approximate surface area is 276 Å². The molecule has 2 aliphatic rings. The van der Waals surface area contributed by atoms with Gasteiger partial charge < -0.3 is 29.8 Å². The summed E-state index contributed by atoms with van der Waals surface area (Å²) in [5.41, 5.74) is 9.15. The monoisotopic (exact) mass is 621 g/mol. The molecule has 4 heterocycles. The number of para-hydroxylation sites is 2. The maximum absolute atomic E-state index is 6.28. The van der Waals surface area contributed by atoms with Gasteiger partial charge in [0.25, 0.3) is 0 Å². The zero-order chi connectivity index (χ0) is 31.6. The molecule has 6 heteroatoms. The van der Waals surface area contributed by atoms with Gasteiger partial charge in [-0.2, -0.15) is 0 Å². The van der Waals surface area contributed by atoms with Crippen molar-refractivity contribution >= 4 is 55.1 Å². The summed E-state index contributed by atoms with van der Waals surface area (Å²) in [4.78, 5) is 5.35. The number of fused-ring (bicyclic) bond motifs is 7. The molecule has 2 N–H and O–H groups in total. The summed E-state index contributed by atoms with van der Waals surface area (Å²) in [5, 5.41) is 18.0. The van der Waals surface area contributed by atoms with E-state index in [1.807, 2.05) is 48.5 Å². The molecule has 0 saturated carbocycles. The number of aliphatic imine (C=N–C) groups is 1. The molecule has 230 valence electrons. The molecule has 2 atom stereocenters. The molecule has 0 bridgehead atoms. The normalized spacial score (nSPS) is 17.6. The fraction of sp³-hybridized carbons (Fsp3) is 0.0714. The first kappa shape index (κ1) is 27.0. The van der Waals surface area contributed by atoms with E-state index < -0.39 is 0 Å². The SMILES string of the molecule is C1=C(c2ccc(C3N=C(c4cccc5oc6ccccc6c45)[N-]C(c4ccccc4)N3)c3ccccc23)c2c(oc3ccccc23)CN1. The summed E-state index contributed by atoms with van der Waals surface area (Å²) in [6.45, 7) is 0.663. The van der Waals surface area contributed by atoms with Crippen LogP contribution in [0.5, 0.6) is 0 Å². The van der Waals surface area contributed by atoms with Gasteiger partial charge in [0.15, 0.2) is 0 Å². The standard InChI is InChI=1S/C42H29N4O2/c1-2-11-25(12-3-1)40-44-41(46-42(45-40)32-17-10-20-36-38(32)30-15-6-8-18-34(30)47-36)29-22-21-28(26-13-4-5-14-27(26)29)33-23-43-24-37-39(33)31-16-7-9-19-35(31)48-37/h1-23,40-41,43-44H,24H2/q-1. The molecular formula is C42H29N4O2-. The number of nitrogens with one attached hydrogen (secondary N) is 2. The van der Waals surface area contributed by atoms with E-state index in [0.29, 0.717) is 12.4 Å². The van der Waals surface area contributed by atoms with E-state index >= 15 is 0 Å². The van der Waals surface area contributed by atoms with Crippen molar-refractivity contribution < 1.29 is 8.83 Å². The van der Waals surface area contributed by atoms with E-state index in [4.69, 9.17) is 19.1 Å². The average Bonchev–Trinajstić information content (AvgIpc) is 3.73. The molecule has 2 aliphatic heterocycles. The van der Waals surface area contributed by atoms with Crippen LogP contribution in [0, 0.1) is 0 Å². The topological polar surface area (TPSA) is 76.8 Å². The lowest BCUT2D eigenvalue weighted by molar-refractivity contribution is 0.491. The van der Waals surface area contributed by atoms with Crippen LogP contribution in [0.1, 0.15) is 45.9 Å². The predicted molar refractivity (Wildman–Crippen MR) is 193 cm³/mol. The third kappa shape index (κ3) is 4.20. The molecule has 0 fully saturated rings. The summed E-state index contributed by atoms with van der Waals surface area (Å²) >= 11 is 0. The lowest BCUT2D eigenvalue weighted by Crippen LogP contribution is -2.32. The highest BCUT2D eigenvalue weighted by Gasteiger charge is 2.25. The number of amidine groups is 1. The van der Waals surface area contributed by atoms with Crippen LogP contribution in [0.4, 0.5) is 0 Å². The van der Waals surface area contributed by atoms with E-state index in [2.05, 4.69) is 102 Å². The zero-order valence-corrected chi connectivity index (χ0v) is 25.9. The van der Waals surface area contributed by atoms with Crippen molar-refractivity contribution in [3.8, 4) is 0 Å².